The summed E-state index contributed by atoms with van der Waals surface area (Å²) in [6, 6.07) is 7.23. The molecule has 1 rings (SSSR count). The maximum absolute atomic E-state index is 11.9. The van der Waals surface area contributed by atoms with Gasteiger partial charge in [0, 0.05) is 17.1 Å². The Labute approximate surface area is 155 Å². The van der Waals surface area contributed by atoms with E-state index in [0.29, 0.717) is 24.1 Å². The van der Waals surface area contributed by atoms with Crippen molar-refractivity contribution in [3.05, 3.63) is 29.3 Å². The zero-order valence-electron chi connectivity index (χ0n) is 15.6. The van der Waals surface area contributed by atoms with Crippen molar-refractivity contribution >= 4 is 23.5 Å². The average molecular weight is 369 g/mol. The maximum Gasteiger partial charge on any atom is 0.242 e. The van der Waals surface area contributed by atoms with Crippen molar-refractivity contribution in [1.82, 2.24) is 16.0 Å². The lowest BCUT2D eigenvalue weighted by Crippen LogP contribution is -2.44. The van der Waals surface area contributed by atoms with Crippen molar-refractivity contribution in [2.75, 3.05) is 19.6 Å². The largest absolute Gasteiger partial charge is 0.489 e. The quantitative estimate of drug-likeness (QED) is 0.511. The minimum absolute atomic E-state index is 0.0685. The molecule has 6 nitrogen and oxygen atoms in total. The molecule has 1 aromatic carbocycles. The number of rotatable bonds is 7. The predicted molar refractivity (Wildman–Crippen MR) is 103 cm³/mol. The van der Waals surface area contributed by atoms with Gasteiger partial charge in [0.1, 0.15) is 18.4 Å². The zero-order valence-corrected chi connectivity index (χ0v) is 16.4. The minimum Gasteiger partial charge on any atom is -0.489 e. The van der Waals surface area contributed by atoms with Gasteiger partial charge < -0.3 is 20.7 Å². The molecule has 0 saturated carbocycles. The number of carbonyl (C=O) groups is 1. The van der Waals surface area contributed by atoms with Gasteiger partial charge in [-0.25, -0.2) is 4.99 Å². The summed E-state index contributed by atoms with van der Waals surface area (Å²) in [5.74, 6) is 1.22. The first kappa shape index (κ1) is 21.1. The van der Waals surface area contributed by atoms with Gasteiger partial charge >= 0.3 is 0 Å². The number of ether oxygens (including phenoxy) is 1. The van der Waals surface area contributed by atoms with Gasteiger partial charge in [-0.05, 0) is 58.9 Å². The van der Waals surface area contributed by atoms with Crippen molar-refractivity contribution in [3.63, 3.8) is 0 Å². The monoisotopic (exact) mass is 368 g/mol. The van der Waals surface area contributed by atoms with Crippen LogP contribution in [0.5, 0.6) is 5.75 Å². The molecule has 0 bridgehead atoms. The van der Waals surface area contributed by atoms with Gasteiger partial charge in [0.15, 0.2) is 5.96 Å². The van der Waals surface area contributed by atoms with E-state index in [4.69, 9.17) is 16.3 Å². The van der Waals surface area contributed by atoms with Gasteiger partial charge in [-0.3, -0.25) is 4.79 Å². The highest BCUT2D eigenvalue weighted by Crippen LogP contribution is 2.16. The highest BCUT2D eigenvalue weighted by molar-refractivity contribution is 6.30. The molecule has 1 aromatic rings. The Hall–Kier alpha value is -1.95. The molecule has 0 aromatic heterocycles. The van der Waals surface area contributed by atoms with Crippen LogP contribution in [0.4, 0.5) is 0 Å². The van der Waals surface area contributed by atoms with Crippen LogP contribution in [0.2, 0.25) is 5.02 Å². The Bertz CT molecular complexity index is 567. The second-order valence-corrected chi connectivity index (χ2v) is 7.19. The van der Waals surface area contributed by atoms with Gasteiger partial charge in [-0.1, -0.05) is 11.6 Å². The first-order valence-corrected chi connectivity index (χ1v) is 8.83. The van der Waals surface area contributed by atoms with E-state index < -0.39 is 0 Å². The topological polar surface area (TPSA) is 74.8 Å². The van der Waals surface area contributed by atoms with Gasteiger partial charge in [0.2, 0.25) is 5.91 Å². The minimum atomic E-state index is -0.265. The molecule has 1 atom stereocenters. The standard InChI is InChI=1S/C18H29ClN4O2/c1-6-20-17(22-12-16(24)23-18(3,4)5)21-11-13(2)25-15-9-7-14(19)8-10-15/h7-10,13H,6,11-12H2,1-5H3,(H,23,24)(H2,20,21,22). The third-order valence-corrected chi connectivity index (χ3v) is 3.20. The molecular formula is C18H29ClN4O2. The SMILES string of the molecule is CCNC(=NCC(=O)NC(C)(C)C)NCC(C)Oc1ccc(Cl)cc1. The average Bonchev–Trinajstić information content (AvgIpc) is 2.50. The maximum atomic E-state index is 11.9. The van der Waals surface area contributed by atoms with E-state index in [0.717, 1.165) is 5.75 Å². The second-order valence-electron chi connectivity index (χ2n) is 6.76. The number of aliphatic imine (C=N–C) groups is 1. The molecule has 25 heavy (non-hydrogen) atoms. The molecular weight excluding hydrogens is 340 g/mol. The molecule has 0 aliphatic rings. The van der Waals surface area contributed by atoms with Gasteiger partial charge in [0.05, 0.1) is 6.54 Å². The summed E-state index contributed by atoms with van der Waals surface area (Å²) in [5, 5.41) is 9.85. The van der Waals surface area contributed by atoms with E-state index in [2.05, 4.69) is 20.9 Å². The lowest BCUT2D eigenvalue weighted by Gasteiger charge is -2.20. The Morgan fingerprint density at radius 3 is 2.44 bits per heavy atom. The highest BCUT2D eigenvalue weighted by Gasteiger charge is 2.13. The molecule has 0 heterocycles. The molecule has 0 aliphatic heterocycles. The number of nitrogens with zero attached hydrogens (tertiary/aromatic N) is 1. The number of halogens is 1. The molecule has 0 spiro atoms. The van der Waals surface area contributed by atoms with Gasteiger partial charge in [0.25, 0.3) is 0 Å². The van der Waals surface area contributed by atoms with E-state index >= 15 is 0 Å². The number of nitrogens with one attached hydrogen (secondary N) is 3. The Morgan fingerprint density at radius 1 is 1.24 bits per heavy atom. The van der Waals surface area contributed by atoms with Crippen LogP contribution in [0.25, 0.3) is 0 Å². The number of benzene rings is 1. The van der Waals surface area contributed by atoms with E-state index in [-0.39, 0.29) is 24.1 Å². The second kappa shape index (κ2) is 10.1. The van der Waals surface area contributed by atoms with Crippen molar-refractivity contribution in [3.8, 4) is 5.75 Å². The van der Waals surface area contributed by atoms with Crippen LogP contribution >= 0.6 is 11.6 Å². The number of carbonyl (C=O) groups excluding carboxylic acids is 1. The molecule has 0 saturated heterocycles. The van der Waals surface area contributed by atoms with Gasteiger partial charge in [-0.2, -0.15) is 0 Å². The molecule has 140 valence electrons. The predicted octanol–water partition coefficient (Wildman–Crippen LogP) is 2.58. The number of hydrogen-bond donors (Lipinski definition) is 3. The van der Waals surface area contributed by atoms with Crippen molar-refractivity contribution in [2.45, 2.75) is 46.3 Å². The normalized spacial score (nSPS) is 13.1. The first-order valence-electron chi connectivity index (χ1n) is 8.45. The van der Waals surface area contributed by atoms with Crippen LogP contribution < -0.4 is 20.7 Å². The fourth-order valence-electron chi connectivity index (χ4n) is 1.98. The molecule has 3 N–H and O–H groups in total. The summed E-state index contributed by atoms with van der Waals surface area (Å²) in [5.41, 5.74) is -0.265. The van der Waals surface area contributed by atoms with E-state index in [1.165, 1.54) is 0 Å². The summed E-state index contributed by atoms with van der Waals surface area (Å²) >= 11 is 5.86. The smallest absolute Gasteiger partial charge is 0.242 e. The van der Waals surface area contributed by atoms with Crippen molar-refractivity contribution in [1.29, 1.82) is 0 Å². The van der Waals surface area contributed by atoms with E-state index in [9.17, 15) is 4.79 Å². The van der Waals surface area contributed by atoms with Crippen LogP contribution in [-0.4, -0.2) is 43.1 Å². The molecule has 0 fully saturated rings. The number of guanidine groups is 1. The summed E-state index contributed by atoms with van der Waals surface area (Å²) < 4.78 is 5.81. The van der Waals surface area contributed by atoms with Gasteiger partial charge in [-0.15, -0.1) is 0 Å². The lowest BCUT2D eigenvalue weighted by molar-refractivity contribution is -0.121. The zero-order chi connectivity index (χ0) is 18.9. The van der Waals surface area contributed by atoms with Crippen LogP contribution in [-0.2, 0) is 4.79 Å². The highest BCUT2D eigenvalue weighted by atomic mass is 35.5. The van der Waals surface area contributed by atoms with Crippen LogP contribution in [0.3, 0.4) is 0 Å². The summed E-state index contributed by atoms with van der Waals surface area (Å²) in [7, 11) is 0. The van der Waals surface area contributed by atoms with E-state index in [1.807, 2.05) is 46.8 Å². The van der Waals surface area contributed by atoms with Crippen LogP contribution in [0, 0.1) is 0 Å². The van der Waals surface area contributed by atoms with Crippen LogP contribution in [0.15, 0.2) is 29.3 Å². The number of hydrogen-bond acceptors (Lipinski definition) is 3. The molecule has 0 radical (unpaired) electrons. The number of amides is 1. The molecule has 1 amide bonds. The molecule has 1 unspecified atom stereocenters. The molecule has 7 heteroatoms. The van der Waals surface area contributed by atoms with E-state index in [1.54, 1.807) is 12.1 Å². The third kappa shape index (κ3) is 9.82. The lowest BCUT2D eigenvalue weighted by atomic mass is 10.1. The summed E-state index contributed by atoms with van der Waals surface area (Å²) in [6.07, 6.45) is -0.0755. The summed E-state index contributed by atoms with van der Waals surface area (Å²) in [6.45, 7) is 11.1. The Morgan fingerprint density at radius 2 is 1.88 bits per heavy atom. The van der Waals surface area contributed by atoms with Crippen molar-refractivity contribution < 1.29 is 9.53 Å². The first-order chi connectivity index (χ1) is 11.7. The fraction of sp³-hybridized carbons (Fsp3) is 0.556. The van der Waals surface area contributed by atoms with Crippen LogP contribution in [0.1, 0.15) is 34.6 Å². The van der Waals surface area contributed by atoms with Crippen molar-refractivity contribution in [2.24, 2.45) is 4.99 Å². The summed E-state index contributed by atoms with van der Waals surface area (Å²) in [4.78, 5) is 16.2. The third-order valence-electron chi connectivity index (χ3n) is 2.95. The molecule has 0 aliphatic carbocycles. The Balaban J connectivity index is 2.49. The Kier molecular flexibility index (Phi) is 8.55. The fourth-order valence-corrected chi connectivity index (χ4v) is 2.10.